The first-order valence-corrected chi connectivity index (χ1v) is 9.53. The minimum absolute atomic E-state index is 0. The van der Waals surface area contributed by atoms with E-state index in [0.717, 1.165) is 23.1 Å². The smallest absolute Gasteiger partial charge is 0.256 e. The van der Waals surface area contributed by atoms with Crippen LogP contribution in [-0.2, 0) is 0 Å². The van der Waals surface area contributed by atoms with E-state index in [1.165, 1.54) is 0 Å². The second kappa shape index (κ2) is 9.76. The second-order valence-electron chi connectivity index (χ2n) is 7.09. The molecule has 0 spiro atoms. The SMILES string of the molecule is CC(C)n1ncc2cc(C(=O)N3CCNCC3c3cccc(Cl)c3)cnc21.Cl.Cl. The van der Waals surface area contributed by atoms with Crippen LogP contribution in [0.25, 0.3) is 11.0 Å². The molecule has 1 N–H and O–H groups in total. The van der Waals surface area contributed by atoms with Crippen LogP contribution >= 0.6 is 36.4 Å². The van der Waals surface area contributed by atoms with Gasteiger partial charge in [-0.15, -0.1) is 24.8 Å². The fraction of sp³-hybridized carbons (Fsp3) is 0.350. The number of carbonyl (C=O) groups excluding carboxylic acids is 1. The third-order valence-electron chi connectivity index (χ3n) is 4.91. The highest BCUT2D eigenvalue weighted by molar-refractivity contribution is 6.30. The Morgan fingerprint density at radius 1 is 1.24 bits per heavy atom. The van der Waals surface area contributed by atoms with Gasteiger partial charge in [0.05, 0.1) is 17.8 Å². The van der Waals surface area contributed by atoms with Gasteiger partial charge in [-0.05, 0) is 37.6 Å². The van der Waals surface area contributed by atoms with Crippen molar-refractivity contribution in [2.24, 2.45) is 0 Å². The monoisotopic (exact) mass is 455 g/mol. The summed E-state index contributed by atoms with van der Waals surface area (Å²) in [7, 11) is 0. The molecule has 1 saturated heterocycles. The Morgan fingerprint density at radius 3 is 2.76 bits per heavy atom. The van der Waals surface area contributed by atoms with Crippen LogP contribution in [0.2, 0.25) is 5.02 Å². The standard InChI is InChI=1S/C20H22ClN5O.2ClH/c1-13(2)26-19-15(11-24-26)8-16(10-23-19)20(27)25-7-6-22-12-18(25)14-4-3-5-17(21)9-14;;/h3-5,8-11,13,18,22H,6-7,12H2,1-2H3;2*1H. The molecule has 4 rings (SSSR count). The summed E-state index contributed by atoms with van der Waals surface area (Å²) in [5.41, 5.74) is 2.41. The number of benzene rings is 1. The van der Waals surface area contributed by atoms with Gasteiger partial charge in [0.1, 0.15) is 0 Å². The van der Waals surface area contributed by atoms with Crippen LogP contribution in [0.15, 0.2) is 42.7 Å². The number of nitrogens with zero attached hydrogens (tertiary/aromatic N) is 4. The van der Waals surface area contributed by atoms with E-state index in [-0.39, 0.29) is 42.8 Å². The zero-order valence-electron chi connectivity index (χ0n) is 16.2. The van der Waals surface area contributed by atoms with Gasteiger partial charge in [-0.2, -0.15) is 5.10 Å². The number of hydrogen-bond donors (Lipinski definition) is 1. The van der Waals surface area contributed by atoms with Crippen molar-refractivity contribution < 1.29 is 4.79 Å². The fourth-order valence-electron chi connectivity index (χ4n) is 3.56. The minimum Gasteiger partial charge on any atom is -0.329 e. The second-order valence-corrected chi connectivity index (χ2v) is 7.53. The molecule has 2 aromatic heterocycles. The number of amides is 1. The topological polar surface area (TPSA) is 63.1 Å². The van der Waals surface area contributed by atoms with Crippen molar-refractivity contribution in [2.45, 2.75) is 25.9 Å². The Balaban J connectivity index is 0.00000150. The molecular weight excluding hydrogens is 433 g/mol. The minimum atomic E-state index is -0.0564. The van der Waals surface area contributed by atoms with E-state index in [1.54, 1.807) is 12.4 Å². The van der Waals surface area contributed by atoms with Gasteiger partial charge in [-0.25, -0.2) is 9.67 Å². The zero-order valence-corrected chi connectivity index (χ0v) is 18.6. The van der Waals surface area contributed by atoms with E-state index < -0.39 is 0 Å². The van der Waals surface area contributed by atoms with Crippen molar-refractivity contribution in [3.63, 3.8) is 0 Å². The number of hydrogen-bond acceptors (Lipinski definition) is 4. The Morgan fingerprint density at radius 2 is 2.03 bits per heavy atom. The summed E-state index contributed by atoms with van der Waals surface area (Å²) in [6.07, 6.45) is 3.42. The molecule has 0 radical (unpaired) electrons. The predicted octanol–water partition coefficient (Wildman–Crippen LogP) is 4.30. The lowest BCUT2D eigenvalue weighted by Crippen LogP contribution is -2.48. The third kappa shape index (κ3) is 4.67. The van der Waals surface area contributed by atoms with Crippen LogP contribution in [0.4, 0.5) is 0 Å². The lowest BCUT2D eigenvalue weighted by atomic mass is 10.0. The van der Waals surface area contributed by atoms with Crippen LogP contribution in [0.5, 0.6) is 0 Å². The van der Waals surface area contributed by atoms with Gasteiger partial charge in [-0.1, -0.05) is 23.7 Å². The number of fused-ring (bicyclic) bond motifs is 1. The maximum absolute atomic E-state index is 13.3. The summed E-state index contributed by atoms with van der Waals surface area (Å²) in [5.74, 6) is -0.0202. The van der Waals surface area contributed by atoms with E-state index in [1.807, 2.05) is 39.9 Å². The third-order valence-corrected chi connectivity index (χ3v) is 5.14. The van der Waals surface area contributed by atoms with Crippen molar-refractivity contribution in [3.05, 3.63) is 58.9 Å². The molecule has 1 unspecified atom stereocenters. The molecule has 1 aliphatic heterocycles. The number of aromatic nitrogens is 3. The molecule has 0 aliphatic carbocycles. The largest absolute Gasteiger partial charge is 0.329 e. The normalized spacial score (nSPS) is 16.4. The van der Waals surface area contributed by atoms with Gasteiger partial charge < -0.3 is 10.2 Å². The first-order chi connectivity index (χ1) is 13.0. The Bertz CT molecular complexity index is 991. The van der Waals surface area contributed by atoms with Crippen molar-refractivity contribution in [3.8, 4) is 0 Å². The summed E-state index contributed by atoms with van der Waals surface area (Å²) < 4.78 is 1.86. The summed E-state index contributed by atoms with van der Waals surface area (Å²) >= 11 is 6.16. The van der Waals surface area contributed by atoms with E-state index >= 15 is 0 Å². The van der Waals surface area contributed by atoms with E-state index in [0.29, 0.717) is 23.7 Å². The van der Waals surface area contributed by atoms with Gasteiger partial charge in [-0.3, -0.25) is 4.79 Å². The molecule has 1 aromatic carbocycles. The number of rotatable bonds is 3. The number of halogens is 3. The average molecular weight is 457 g/mol. The van der Waals surface area contributed by atoms with Gasteiger partial charge in [0, 0.05) is 42.3 Å². The first-order valence-electron chi connectivity index (χ1n) is 9.15. The molecule has 0 bridgehead atoms. The van der Waals surface area contributed by atoms with Gasteiger partial charge in [0.25, 0.3) is 5.91 Å². The van der Waals surface area contributed by atoms with E-state index in [2.05, 4.69) is 29.2 Å². The molecule has 1 amide bonds. The van der Waals surface area contributed by atoms with E-state index in [4.69, 9.17) is 11.6 Å². The highest BCUT2D eigenvalue weighted by atomic mass is 35.5. The van der Waals surface area contributed by atoms with Crippen molar-refractivity contribution in [2.75, 3.05) is 19.6 Å². The fourth-order valence-corrected chi connectivity index (χ4v) is 3.76. The van der Waals surface area contributed by atoms with Crippen molar-refractivity contribution in [1.29, 1.82) is 0 Å². The van der Waals surface area contributed by atoms with Crippen LogP contribution < -0.4 is 5.32 Å². The van der Waals surface area contributed by atoms with Crippen LogP contribution in [0, 0.1) is 0 Å². The van der Waals surface area contributed by atoms with Crippen molar-refractivity contribution >= 4 is 53.4 Å². The lowest BCUT2D eigenvalue weighted by Gasteiger charge is -2.36. The molecule has 1 fully saturated rings. The molecule has 156 valence electrons. The molecule has 1 aliphatic rings. The van der Waals surface area contributed by atoms with Gasteiger partial charge in [0.15, 0.2) is 5.65 Å². The molecule has 3 heterocycles. The Labute approximate surface area is 187 Å². The average Bonchev–Trinajstić information content (AvgIpc) is 3.11. The van der Waals surface area contributed by atoms with Crippen molar-refractivity contribution in [1.82, 2.24) is 25.0 Å². The highest BCUT2D eigenvalue weighted by Crippen LogP contribution is 2.27. The Hall–Kier alpha value is -1.86. The summed E-state index contributed by atoms with van der Waals surface area (Å²) in [6.45, 7) is 6.23. The molecule has 9 heteroatoms. The number of carbonyl (C=O) groups is 1. The predicted molar refractivity (Wildman–Crippen MR) is 121 cm³/mol. The Kier molecular flexibility index (Phi) is 7.88. The highest BCUT2D eigenvalue weighted by Gasteiger charge is 2.29. The molecule has 1 atom stereocenters. The molecule has 6 nitrogen and oxygen atoms in total. The maximum atomic E-state index is 13.3. The quantitative estimate of drug-likeness (QED) is 0.638. The van der Waals surface area contributed by atoms with Crippen LogP contribution in [0.1, 0.15) is 41.9 Å². The molecule has 29 heavy (non-hydrogen) atoms. The van der Waals surface area contributed by atoms with Gasteiger partial charge in [0.2, 0.25) is 0 Å². The zero-order chi connectivity index (χ0) is 19.0. The maximum Gasteiger partial charge on any atom is 0.256 e. The summed E-state index contributed by atoms with van der Waals surface area (Å²) in [6, 6.07) is 9.75. The van der Waals surface area contributed by atoms with Crippen LogP contribution in [0.3, 0.4) is 0 Å². The molecule has 0 saturated carbocycles. The first kappa shape index (κ1) is 23.4. The van der Waals surface area contributed by atoms with Gasteiger partial charge >= 0.3 is 0 Å². The van der Waals surface area contributed by atoms with E-state index in [9.17, 15) is 4.79 Å². The lowest BCUT2D eigenvalue weighted by molar-refractivity contribution is 0.0634. The summed E-state index contributed by atoms with van der Waals surface area (Å²) in [5, 5.41) is 9.31. The molecular formula is C20H24Cl3N5O. The summed E-state index contributed by atoms with van der Waals surface area (Å²) in [4.78, 5) is 19.7. The number of nitrogens with one attached hydrogen (secondary N) is 1. The number of piperazine rings is 1. The molecule has 3 aromatic rings. The number of pyridine rings is 1. The van der Waals surface area contributed by atoms with Crippen LogP contribution in [-0.4, -0.2) is 45.2 Å².